The normalized spacial score (nSPS) is 10.8. The van der Waals surface area contributed by atoms with E-state index in [1.54, 1.807) is 24.3 Å². The number of carbonyl (C=O) groups excluding carboxylic acids is 1. The van der Waals surface area contributed by atoms with Crippen molar-refractivity contribution in [1.29, 1.82) is 0 Å². The van der Waals surface area contributed by atoms with Gasteiger partial charge >= 0.3 is 0 Å². The molecule has 28 heavy (non-hydrogen) atoms. The number of aromatic nitrogens is 4. The molecule has 0 aliphatic rings. The molecule has 4 rings (SSSR count). The Bertz CT molecular complexity index is 1150. The topological polar surface area (TPSA) is 102 Å². The third-order valence-electron chi connectivity index (χ3n) is 3.73. The van der Waals surface area contributed by atoms with Crippen LogP contribution in [0.1, 0.15) is 9.67 Å². The van der Waals surface area contributed by atoms with Crippen LogP contribution in [0, 0.1) is 5.82 Å². The Morgan fingerprint density at radius 3 is 2.75 bits per heavy atom. The van der Waals surface area contributed by atoms with Crippen molar-refractivity contribution in [3.05, 3.63) is 52.1 Å². The fourth-order valence-corrected chi connectivity index (χ4v) is 3.63. The highest BCUT2D eigenvalue weighted by Crippen LogP contribution is 2.43. The first kappa shape index (κ1) is 18.1. The van der Waals surface area contributed by atoms with Crippen LogP contribution in [0.25, 0.3) is 10.1 Å². The lowest BCUT2D eigenvalue weighted by Crippen LogP contribution is -2.12. The average Bonchev–Trinajstić information content (AvgIpc) is 3.31. The van der Waals surface area contributed by atoms with Gasteiger partial charge in [0.1, 0.15) is 10.6 Å². The molecule has 8 nitrogen and oxygen atoms in total. The Balaban J connectivity index is 1.82. The number of carbonyl (C=O) groups is 1. The van der Waals surface area contributed by atoms with E-state index in [4.69, 9.17) is 21.1 Å². The summed E-state index contributed by atoms with van der Waals surface area (Å²) in [5, 5.41) is 16.6. The largest absolute Gasteiger partial charge is 0.494 e. The predicted molar refractivity (Wildman–Crippen MR) is 102 cm³/mol. The number of fused-ring (bicyclic) bond motifs is 1. The molecule has 2 heterocycles. The van der Waals surface area contributed by atoms with Crippen molar-refractivity contribution in [2.45, 2.75) is 0 Å². The van der Waals surface area contributed by atoms with Crippen LogP contribution in [0.4, 0.5) is 10.3 Å². The maximum atomic E-state index is 14.1. The average molecular weight is 420 g/mol. The molecule has 0 fully saturated rings. The number of anilines is 1. The summed E-state index contributed by atoms with van der Waals surface area (Å²) >= 11 is 6.97. The summed E-state index contributed by atoms with van der Waals surface area (Å²) < 4.78 is 25.6. The van der Waals surface area contributed by atoms with E-state index in [1.807, 2.05) is 0 Å². The molecule has 0 aliphatic heterocycles. The molecule has 1 amide bonds. The molecule has 142 valence electrons. The lowest BCUT2D eigenvalue weighted by atomic mass is 10.2. The second-order valence-electron chi connectivity index (χ2n) is 5.49. The number of tetrazole rings is 1. The number of methoxy groups -OCH3 is 1. The Hall–Kier alpha value is -3.24. The van der Waals surface area contributed by atoms with Gasteiger partial charge < -0.3 is 9.47 Å². The first-order valence-corrected chi connectivity index (χ1v) is 9.03. The summed E-state index contributed by atoms with van der Waals surface area (Å²) in [7, 11) is 1.36. The predicted octanol–water partition coefficient (Wildman–Crippen LogP) is 4.26. The summed E-state index contributed by atoms with van der Waals surface area (Å²) in [5.74, 6) is -0.312. The van der Waals surface area contributed by atoms with Crippen LogP contribution in [-0.4, -0.2) is 33.6 Å². The van der Waals surface area contributed by atoms with Crippen molar-refractivity contribution in [3.63, 3.8) is 0 Å². The second kappa shape index (κ2) is 7.41. The zero-order valence-corrected chi connectivity index (χ0v) is 15.8. The molecular weight excluding hydrogens is 409 g/mol. The quantitative estimate of drug-likeness (QED) is 0.501. The number of thiophene rings is 1. The highest BCUT2D eigenvalue weighted by molar-refractivity contribution is 7.21. The molecule has 0 aliphatic carbocycles. The van der Waals surface area contributed by atoms with E-state index in [2.05, 4.69) is 25.9 Å². The van der Waals surface area contributed by atoms with Crippen LogP contribution in [0.3, 0.4) is 0 Å². The minimum Gasteiger partial charge on any atom is -0.494 e. The number of benzene rings is 2. The zero-order valence-electron chi connectivity index (χ0n) is 14.2. The summed E-state index contributed by atoms with van der Waals surface area (Å²) in [6.07, 6.45) is 0. The lowest BCUT2D eigenvalue weighted by Gasteiger charge is -2.08. The minimum absolute atomic E-state index is 0.00339. The number of ether oxygens (including phenoxy) is 2. The number of H-pyrrole nitrogens is 1. The summed E-state index contributed by atoms with van der Waals surface area (Å²) in [6, 6.07) is 9.41. The molecule has 4 aromatic rings. The van der Waals surface area contributed by atoms with Crippen LogP contribution in [0.15, 0.2) is 36.4 Å². The first-order valence-electron chi connectivity index (χ1n) is 7.83. The summed E-state index contributed by atoms with van der Waals surface area (Å²) in [4.78, 5) is 12.9. The lowest BCUT2D eigenvalue weighted by molar-refractivity contribution is 0.102. The molecule has 2 aromatic carbocycles. The highest BCUT2D eigenvalue weighted by Gasteiger charge is 2.23. The van der Waals surface area contributed by atoms with E-state index in [0.29, 0.717) is 20.9 Å². The van der Waals surface area contributed by atoms with Gasteiger partial charge in [0, 0.05) is 15.1 Å². The Morgan fingerprint density at radius 1 is 1.29 bits per heavy atom. The SMILES string of the molecule is COc1cc2c(Oc3ccc(Cl)cc3)c(C(=O)Nc3nn[nH]n3)sc2cc1F. The van der Waals surface area contributed by atoms with Gasteiger partial charge in [0.15, 0.2) is 17.3 Å². The van der Waals surface area contributed by atoms with Crippen LogP contribution in [0.5, 0.6) is 17.2 Å². The molecule has 0 saturated heterocycles. The Morgan fingerprint density at radius 2 is 2.07 bits per heavy atom. The number of hydrogen-bond acceptors (Lipinski definition) is 7. The molecule has 2 N–H and O–H groups in total. The standard InChI is InChI=1S/C17H11ClFN5O3S/c1-26-12-6-10-13(7-11(12)19)28-15(16(25)20-17-21-23-24-22-17)14(10)27-9-4-2-8(18)3-5-9/h2-7H,1H3,(H2,20,21,22,23,24,25). The van der Waals surface area contributed by atoms with Crippen molar-refractivity contribution in [2.24, 2.45) is 0 Å². The molecule has 11 heteroatoms. The zero-order chi connectivity index (χ0) is 19.7. The van der Waals surface area contributed by atoms with Gasteiger partial charge in [-0.3, -0.25) is 10.1 Å². The van der Waals surface area contributed by atoms with Gasteiger partial charge in [-0.05, 0) is 41.6 Å². The van der Waals surface area contributed by atoms with Gasteiger partial charge in [0.05, 0.1) is 7.11 Å². The molecular formula is C17H11ClFN5O3S. The van der Waals surface area contributed by atoms with Gasteiger partial charge in [0.2, 0.25) is 0 Å². The second-order valence-corrected chi connectivity index (χ2v) is 6.98. The van der Waals surface area contributed by atoms with Crippen LogP contribution in [-0.2, 0) is 0 Å². The fraction of sp³-hybridized carbons (Fsp3) is 0.0588. The number of rotatable bonds is 5. The monoisotopic (exact) mass is 419 g/mol. The van der Waals surface area contributed by atoms with E-state index < -0.39 is 11.7 Å². The third kappa shape index (κ3) is 3.47. The van der Waals surface area contributed by atoms with E-state index in [9.17, 15) is 9.18 Å². The molecule has 0 bridgehead atoms. The summed E-state index contributed by atoms with van der Waals surface area (Å²) in [6.45, 7) is 0. The molecule has 0 spiro atoms. The van der Waals surface area contributed by atoms with Gasteiger partial charge in [0.25, 0.3) is 11.9 Å². The maximum absolute atomic E-state index is 14.1. The first-order chi connectivity index (χ1) is 13.5. The fourth-order valence-electron chi connectivity index (χ4n) is 2.48. The molecule has 2 aromatic heterocycles. The van der Waals surface area contributed by atoms with E-state index in [1.165, 1.54) is 19.2 Å². The van der Waals surface area contributed by atoms with Gasteiger partial charge in [-0.25, -0.2) is 4.39 Å². The number of aromatic amines is 1. The molecule has 0 atom stereocenters. The number of nitrogens with zero attached hydrogens (tertiary/aromatic N) is 3. The molecule has 0 saturated carbocycles. The third-order valence-corrected chi connectivity index (χ3v) is 5.11. The molecule has 0 unspecified atom stereocenters. The van der Waals surface area contributed by atoms with Crippen molar-refractivity contribution >= 4 is 44.9 Å². The number of hydrogen-bond donors (Lipinski definition) is 2. The van der Waals surface area contributed by atoms with Crippen LogP contribution >= 0.6 is 22.9 Å². The van der Waals surface area contributed by atoms with Gasteiger partial charge in [-0.2, -0.15) is 5.21 Å². The van der Waals surface area contributed by atoms with Gasteiger partial charge in [-0.1, -0.05) is 16.7 Å². The highest BCUT2D eigenvalue weighted by atomic mass is 35.5. The van der Waals surface area contributed by atoms with E-state index >= 15 is 0 Å². The number of halogens is 2. The smallest absolute Gasteiger partial charge is 0.272 e. The van der Waals surface area contributed by atoms with Crippen LogP contribution in [0.2, 0.25) is 5.02 Å². The Labute approximate surface area is 166 Å². The number of nitrogens with one attached hydrogen (secondary N) is 2. The van der Waals surface area contributed by atoms with Gasteiger partial charge in [-0.15, -0.1) is 16.4 Å². The van der Waals surface area contributed by atoms with Crippen molar-refractivity contribution < 1.29 is 18.7 Å². The van der Waals surface area contributed by atoms with Crippen molar-refractivity contribution in [1.82, 2.24) is 20.6 Å². The van der Waals surface area contributed by atoms with Crippen molar-refractivity contribution in [2.75, 3.05) is 12.4 Å². The van der Waals surface area contributed by atoms with Crippen LogP contribution < -0.4 is 14.8 Å². The summed E-state index contributed by atoms with van der Waals surface area (Å²) in [5.41, 5.74) is 0. The van der Waals surface area contributed by atoms with Crippen molar-refractivity contribution in [3.8, 4) is 17.2 Å². The minimum atomic E-state index is -0.542. The van der Waals surface area contributed by atoms with E-state index in [-0.39, 0.29) is 22.3 Å². The maximum Gasteiger partial charge on any atom is 0.272 e. The Kier molecular flexibility index (Phi) is 4.80. The van der Waals surface area contributed by atoms with E-state index in [0.717, 1.165) is 11.3 Å². The number of amides is 1. The molecule has 0 radical (unpaired) electrons.